The van der Waals surface area contributed by atoms with Gasteiger partial charge in [0.25, 0.3) is 0 Å². The van der Waals surface area contributed by atoms with Crippen LogP contribution in [0.2, 0.25) is 0 Å². The molecule has 1 saturated heterocycles. The highest BCUT2D eigenvalue weighted by Gasteiger charge is 2.11. The van der Waals surface area contributed by atoms with Gasteiger partial charge in [-0.15, -0.1) is 0 Å². The van der Waals surface area contributed by atoms with Gasteiger partial charge in [-0.2, -0.15) is 0 Å². The van der Waals surface area contributed by atoms with Crippen LogP contribution < -0.4 is 0 Å². The third kappa shape index (κ3) is 3.57. The van der Waals surface area contributed by atoms with Crippen molar-refractivity contribution in [2.45, 2.75) is 26.2 Å². The maximum Gasteiger partial charge on any atom is 0.00575 e. The quantitative estimate of drug-likeness (QED) is 0.658. The third-order valence-corrected chi connectivity index (χ3v) is 3.51. The average molecular weight is 220 g/mol. The van der Waals surface area contributed by atoms with E-state index in [9.17, 15) is 0 Å². The number of hydrogen-bond acceptors (Lipinski definition) is 1. The molecule has 1 heterocycles. The molecule has 1 unspecified atom stereocenters. The van der Waals surface area contributed by atoms with Crippen molar-refractivity contribution in [2.24, 2.45) is 5.92 Å². The van der Waals surface area contributed by atoms with Crippen LogP contribution in [0, 0.1) is 5.92 Å². The highest BCUT2D eigenvalue weighted by atomic mass is 79.9. The lowest BCUT2D eigenvalue weighted by Crippen LogP contribution is -2.22. The second-order valence-corrected chi connectivity index (χ2v) is 4.24. The molecular formula is C9H18BrN. The first-order valence-corrected chi connectivity index (χ1v) is 5.73. The highest BCUT2D eigenvalue weighted by molar-refractivity contribution is 9.09. The predicted molar refractivity (Wildman–Crippen MR) is 53.2 cm³/mol. The van der Waals surface area contributed by atoms with Crippen LogP contribution in [0.25, 0.3) is 0 Å². The summed E-state index contributed by atoms with van der Waals surface area (Å²) >= 11 is 3.51. The van der Waals surface area contributed by atoms with Gasteiger partial charge in [-0.05, 0) is 44.8 Å². The van der Waals surface area contributed by atoms with Crippen molar-refractivity contribution in [1.29, 1.82) is 0 Å². The number of nitrogens with zero attached hydrogens (tertiary/aromatic N) is 1. The Morgan fingerprint density at radius 1 is 1.36 bits per heavy atom. The zero-order valence-corrected chi connectivity index (χ0v) is 8.94. The fourth-order valence-corrected chi connectivity index (χ4v) is 1.81. The van der Waals surface area contributed by atoms with E-state index in [0.29, 0.717) is 0 Å². The lowest BCUT2D eigenvalue weighted by atomic mass is 10.1. The van der Waals surface area contributed by atoms with Gasteiger partial charge in [-0.25, -0.2) is 0 Å². The molecule has 1 nitrogen and oxygen atoms in total. The van der Waals surface area contributed by atoms with Crippen molar-refractivity contribution < 1.29 is 0 Å². The standard InChI is InChI=1S/C9H18BrN/c1-9(8-10)4-7-11-5-2-3-6-11/h9H,2-8H2,1H3. The minimum Gasteiger partial charge on any atom is -0.303 e. The molecule has 0 N–H and O–H groups in total. The summed E-state index contributed by atoms with van der Waals surface area (Å²) < 4.78 is 0. The number of hydrogen-bond donors (Lipinski definition) is 0. The van der Waals surface area contributed by atoms with Gasteiger partial charge >= 0.3 is 0 Å². The Morgan fingerprint density at radius 3 is 2.55 bits per heavy atom. The predicted octanol–water partition coefficient (Wildman–Crippen LogP) is 2.50. The van der Waals surface area contributed by atoms with Crippen molar-refractivity contribution in [3.63, 3.8) is 0 Å². The van der Waals surface area contributed by atoms with E-state index in [1.807, 2.05) is 0 Å². The molecule has 0 radical (unpaired) electrons. The van der Waals surface area contributed by atoms with Gasteiger partial charge in [0.05, 0.1) is 0 Å². The first-order chi connectivity index (χ1) is 5.33. The highest BCUT2D eigenvalue weighted by Crippen LogP contribution is 2.11. The van der Waals surface area contributed by atoms with E-state index in [0.717, 1.165) is 11.2 Å². The number of halogens is 1. The van der Waals surface area contributed by atoms with Crippen LogP contribution in [0.5, 0.6) is 0 Å². The molecule has 0 aromatic heterocycles. The van der Waals surface area contributed by atoms with E-state index < -0.39 is 0 Å². The van der Waals surface area contributed by atoms with Gasteiger partial charge in [0.2, 0.25) is 0 Å². The van der Waals surface area contributed by atoms with E-state index in [-0.39, 0.29) is 0 Å². The smallest absolute Gasteiger partial charge is 0.00575 e. The van der Waals surface area contributed by atoms with Gasteiger partial charge in [0, 0.05) is 5.33 Å². The monoisotopic (exact) mass is 219 g/mol. The number of alkyl halides is 1. The summed E-state index contributed by atoms with van der Waals surface area (Å²) in [6.45, 7) is 6.31. The van der Waals surface area contributed by atoms with Gasteiger partial charge in [0.1, 0.15) is 0 Å². The molecule has 0 amide bonds. The summed E-state index contributed by atoms with van der Waals surface area (Å²) in [5, 5.41) is 1.15. The van der Waals surface area contributed by atoms with Crippen LogP contribution in [-0.2, 0) is 0 Å². The van der Waals surface area contributed by atoms with E-state index in [1.54, 1.807) is 0 Å². The molecule has 1 atom stereocenters. The van der Waals surface area contributed by atoms with Crippen LogP contribution >= 0.6 is 15.9 Å². The largest absolute Gasteiger partial charge is 0.303 e. The zero-order chi connectivity index (χ0) is 8.10. The lowest BCUT2D eigenvalue weighted by Gasteiger charge is -2.16. The molecule has 1 aliphatic heterocycles. The van der Waals surface area contributed by atoms with E-state index in [1.165, 1.54) is 38.9 Å². The summed E-state index contributed by atoms with van der Waals surface area (Å²) in [6.07, 6.45) is 4.19. The minimum absolute atomic E-state index is 0.843. The van der Waals surface area contributed by atoms with Gasteiger partial charge < -0.3 is 4.90 Å². The van der Waals surface area contributed by atoms with Gasteiger partial charge in [-0.1, -0.05) is 22.9 Å². The molecule has 0 aromatic rings. The second-order valence-electron chi connectivity index (χ2n) is 3.60. The molecule has 1 rings (SSSR count). The van der Waals surface area contributed by atoms with Crippen molar-refractivity contribution in [3.8, 4) is 0 Å². The van der Waals surface area contributed by atoms with Crippen molar-refractivity contribution in [2.75, 3.05) is 25.0 Å². The van der Waals surface area contributed by atoms with E-state index in [2.05, 4.69) is 27.8 Å². The SMILES string of the molecule is CC(CBr)CCN1CCCC1. The van der Waals surface area contributed by atoms with Crippen LogP contribution in [0.1, 0.15) is 26.2 Å². The molecule has 0 saturated carbocycles. The topological polar surface area (TPSA) is 3.24 Å². The van der Waals surface area contributed by atoms with Crippen LogP contribution in [0.4, 0.5) is 0 Å². The summed E-state index contributed by atoms with van der Waals surface area (Å²) in [5.41, 5.74) is 0. The minimum atomic E-state index is 0.843. The fourth-order valence-electron chi connectivity index (χ4n) is 1.49. The molecule has 0 aliphatic carbocycles. The summed E-state index contributed by atoms with van der Waals surface area (Å²) in [4.78, 5) is 2.58. The Kier molecular flexibility index (Phi) is 4.46. The van der Waals surface area contributed by atoms with Crippen molar-refractivity contribution >= 4 is 15.9 Å². The first-order valence-electron chi connectivity index (χ1n) is 4.61. The van der Waals surface area contributed by atoms with Crippen LogP contribution in [0.15, 0.2) is 0 Å². The van der Waals surface area contributed by atoms with Crippen molar-refractivity contribution in [1.82, 2.24) is 4.90 Å². The Morgan fingerprint density at radius 2 is 2.00 bits per heavy atom. The first kappa shape index (κ1) is 9.53. The van der Waals surface area contributed by atoms with Gasteiger partial charge in [-0.3, -0.25) is 0 Å². The number of rotatable bonds is 4. The Balaban J connectivity index is 2.01. The summed E-state index contributed by atoms with van der Waals surface area (Å²) in [5.74, 6) is 0.843. The molecule has 0 bridgehead atoms. The summed E-state index contributed by atoms with van der Waals surface area (Å²) in [6, 6.07) is 0. The third-order valence-electron chi connectivity index (χ3n) is 2.40. The maximum atomic E-state index is 3.51. The molecule has 11 heavy (non-hydrogen) atoms. The average Bonchev–Trinajstić information content (AvgIpc) is 2.52. The molecule has 1 fully saturated rings. The fraction of sp³-hybridized carbons (Fsp3) is 1.00. The Labute approximate surface area is 78.3 Å². The summed E-state index contributed by atoms with van der Waals surface area (Å²) in [7, 11) is 0. The maximum absolute atomic E-state index is 3.51. The molecule has 66 valence electrons. The molecule has 0 aromatic carbocycles. The zero-order valence-electron chi connectivity index (χ0n) is 7.35. The normalized spacial score (nSPS) is 22.4. The van der Waals surface area contributed by atoms with Crippen LogP contribution in [0.3, 0.4) is 0 Å². The van der Waals surface area contributed by atoms with Crippen molar-refractivity contribution in [3.05, 3.63) is 0 Å². The Bertz CT molecular complexity index is 99.7. The molecule has 0 spiro atoms. The van der Waals surface area contributed by atoms with E-state index in [4.69, 9.17) is 0 Å². The number of likely N-dealkylation sites (tertiary alicyclic amines) is 1. The molecular weight excluding hydrogens is 202 g/mol. The lowest BCUT2D eigenvalue weighted by molar-refractivity contribution is 0.315. The molecule has 1 aliphatic rings. The van der Waals surface area contributed by atoms with E-state index >= 15 is 0 Å². The second kappa shape index (κ2) is 5.15. The Hall–Kier alpha value is 0.440. The van der Waals surface area contributed by atoms with Crippen LogP contribution in [-0.4, -0.2) is 29.9 Å². The molecule has 2 heteroatoms. The van der Waals surface area contributed by atoms with Gasteiger partial charge in [0.15, 0.2) is 0 Å².